The van der Waals surface area contributed by atoms with Crippen molar-refractivity contribution in [2.24, 2.45) is 0 Å². The van der Waals surface area contributed by atoms with Gasteiger partial charge in [-0.3, -0.25) is 4.79 Å². The Morgan fingerprint density at radius 3 is 2.50 bits per heavy atom. The first-order valence-electron chi connectivity index (χ1n) is 9.56. The molecule has 0 fully saturated rings. The van der Waals surface area contributed by atoms with E-state index in [-0.39, 0.29) is 5.91 Å². The van der Waals surface area contributed by atoms with Crippen molar-refractivity contribution in [2.45, 2.75) is 44.8 Å². The van der Waals surface area contributed by atoms with E-state index in [0.29, 0.717) is 11.7 Å². The van der Waals surface area contributed by atoms with Crippen LogP contribution in [-0.4, -0.2) is 26.4 Å². The zero-order valence-electron chi connectivity index (χ0n) is 16.6. The van der Waals surface area contributed by atoms with Crippen LogP contribution in [0.1, 0.15) is 43.6 Å². The molecule has 0 bridgehead atoms. The lowest BCUT2D eigenvalue weighted by molar-refractivity contribution is -0.113. The predicted molar refractivity (Wildman–Crippen MR) is 115 cm³/mol. The molecule has 0 saturated heterocycles. The van der Waals surface area contributed by atoms with Crippen molar-refractivity contribution < 1.29 is 4.79 Å². The Bertz CT molecular complexity index is 921. The summed E-state index contributed by atoms with van der Waals surface area (Å²) in [4.78, 5) is 12.5. The first-order chi connectivity index (χ1) is 13.6. The van der Waals surface area contributed by atoms with Crippen molar-refractivity contribution in [2.75, 3.05) is 11.1 Å². The molecule has 146 valence electrons. The minimum absolute atomic E-state index is 0.0339. The second-order valence-corrected chi connectivity index (χ2v) is 7.83. The molecule has 5 nitrogen and oxygen atoms in total. The number of rotatable bonds is 8. The lowest BCUT2D eigenvalue weighted by Gasteiger charge is -2.13. The summed E-state index contributed by atoms with van der Waals surface area (Å²) < 4.78 is 2.08. The number of nitrogens with one attached hydrogen (secondary N) is 1. The summed E-state index contributed by atoms with van der Waals surface area (Å²) in [6, 6.07) is 18.2. The van der Waals surface area contributed by atoms with Crippen LogP contribution in [0.5, 0.6) is 0 Å². The molecule has 28 heavy (non-hydrogen) atoms. The lowest BCUT2D eigenvalue weighted by atomic mass is 10.0. The van der Waals surface area contributed by atoms with E-state index < -0.39 is 0 Å². The van der Waals surface area contributed by atoms with Gasteiger partial charge in [-0.15, -0.1) is 10.2 Å². The second-order valence-electron chi connectivity index (χ2n) is 6.88. The van der Waals surface area contributed by atoms with Crippen LogP contribution in [0.2, 0.25) is 0 Å². The van der Waals surface area contributed by atoms with Crippen molar-refractivity contribution >= 4 is 23.4 Å². The molecule has 0 aliphatic carbocycles. The van der Waals surface area contributed by atoms with E-state index in [1.807, 2.05) is 36.4 Å². The van der Waals surface area contributed by atoms with E-state index in [2.05, 4.69) is 59.1 Å². The third-order valence-corrected chi connectivity index (χ3v) is 5.47. The molecular formula is C22H26N4OS. The summed E-state index contributed by atoms with van der Waals surface area (Å²) in [6.07, 6.45) is 0.732. The molecule has 0 spiro atoms. The number of aromatic nitrogens is 3. The van der Waals surface area contributed by atoms with E-state index in [9.17, 15) is 4.79 Å². The number of anilines is 1. The topological polar surface area (TPSA) is 59.8 Å². The molecule has 0 aliphatic rings. The van der Waals surface area contributed by atoms with Crippen LogP contribution >= 0.6 is 11.8 Å². The third kappa shape index (κ3) is 5.01. The number of carbonyl (C=O) groups excluding carboxylic acids is 1. The van der Waals surface area contributed by atoms with E-state index in [4.69, 9.17) is 0 Å². The zero-order chi connectivity index (χ0) is 19.9. The first kappa shape index (κ1) is 20.1. The maximum Gasteiger partial charge on any atom is 0.234 e. The highest BCUT2D eigenvalue weighted by Gasteiger charge is 2.14. The summed E-state index contributed by atoms with van der Waals surface area (Å²) in [5.74, 6) is 1.54. The summed E-state index contributed by atoms with van der Waals surface area (Å²) in [6.45, 7) is 7.09. The standard InChI is InChI=1S/C22H26N4OS/c1-4-26-20(14-17-10-6-5-7-11-17)24-25-22(26)28-15-21(27)23-19-13-9-8-12-18(19)16(2)3/h5-13,16H,4,14-15H2,1-3H3,(H,23,27). The highest BCUT2D eigenvalue weighted by Crippen LogP contribution is 2.24. The molecule has 3 rings (SSSR count). The number of carbonyl (C=O) groups is 1. The minimum Gasteiger partial charge on any atom is -0.325 e. The molecule has 0 radical (unpaired) electrons. The lowest BCUT2D eigenvalue weighted by Crippen LogP contribution is -2.16. The first-order valence-corrected chi connectivity index (χ1v) is 10.5. The average Bonchev–Trinajstić information content (AvgIpc) is 3.09. The molecule has 2 aromatic carbocycles. The number of benzene rings is 2. The van der Waals surface area contributed by atoms with Gasteiger partial charge in [0.25, 0.3) is 0 Å². The van der Waals surface area contributed by atoms with Crippen LogP contribution in [-0.2, 0) is 17.8 Å². The van der Waals surface area contributed by atoms with Crippen molar-refractivity contribution in [1.82, 2.24) is 14.8 Å². The summed E-state index contributed by atoms with van der Waals surface area (Å²) in [7, 11) is 0. The van der Waals surface area contributed by atoms with Crippen molar-refractivity contribution in [3.8, 4) is 0 Å². The average molecular weight is 395 g/mol. The number of amides is 1. The Hall–Kier alpha value is -2.60. The van der Waals surface area contributed by atoms with Crippen LogP contribution in [0.25, 0.3) is 0 Å². The number of para-hydroxylation sites is 1. The van der Waals surface area contributed by atoms with Crippen molar-refractivity contribution in [3.05, 3.63) is 71.5 Å². The van der Waals surface area contributed by atoms with Gasteiger partial charge in [-0.2, -0.15) is 0 Å². The van der Waals surface area contributed by atoms with Gasteiger partial charge in [0.05, 0.1) is 5.75 Å². The Labute approximate surface area is 170 Å². The highest BCUT2D eigenvalue weighted by molar-refractivity contribution is 7.99. The predicted octanol–water partition coefficient (Wildman–Crippen LogP) is 4.74. The number of hydrogen-bond acceptors (Lipinski definition) is 4. The monoisotopic (exact) mass is 394 g/mol. The second kappa shape index (κ2) is 9.55. The van der Waals surface area contributed by atoms with Crippen LogP contribution < -0.4 is 5.32 Å². The van der Waals surface area contributed by atoms with E-state index >= 15 is 0 Å². The van der Waals surface area contributed by atoms with Gasteiger partial charge in [-0.05, 0) is 30.0 Å². The Balaban J connectivity index is 1.64. The van der Waals surface area contributed by atoms with Crippen molar-refractivity contribution in [1.29, 1.82) is 0 Å². The fraction of sp³-hybridized carbons (Fsp3) is 0.318. The third-order valence-electron chi connectivity index (χ3n) is 4.50. The maximum absolute atomic E-state index is 12.5. The van der Waals surface area contributed by atoms with Crippen LogP contribution in [0.4, 0.5) is 5.69 Å². The largest absolute Gasteiger partial charge is 0.325 e. The number of thioether (sulfide) groups is 1. The van der Waals surface area contributed by atoms with Gasteiger partial charge in [0.15, 0.2) is 5.16 Å². The minimum atomic E-state index is -0.0339. The number of nitrogens with zero attached hydrogens (tertiary/aromatic N) is 3. The van der Waals surface area contributed by atoms with E-state index in [0.717, 1.165) is 35.2 Å². The molecule has 1 aromatic heterocycles. The molecule has 0 aliphatic heterocycles. The molecule has 1 amide bonds. The Morgan fingerprint density at radius 1 is 1.07 bits per heavy atom. The summed E-state index contributed by atoms with van der Waals surface area (Å²) in [5, 5.41) is 12.5. The van der Waals surface area contributed by atoms with Gasteiger partial charge in [0.1, 0.15) is 5.82 Å². The van der Waals surface area contributed by atoms with Gasteiger partial charge in [-0.25, -0.2) is 0 Å². The van der Waals surface area contributed by atoms with Gasteiger partial charge in [0.2, 0.25) is 5.91 Å². The Kier molecular flexibility index (Phi) is 6.87. The molecular weight excluding hydrogens is 368 g/mol. The van der Waals surface area contributed by atoms with E-state index in [1.54, 1.807) is 0 Å². The maximum atomic E-state index is 12.5. The molecule has 0 unspecified atom stereocenters. The molecule has 0 saturated carbocycles. The molecule has 6 heteroatoms. The number of hydrogen-bond donors (Lipinski definition) is 1. The Morgan fingerprint density at radius 2 is 1.79 bits per heavy atom. The normalized spacial score (nSPS) is 11.0. The van der Waals surface area contributed by atoms with E-state index in [1.165, 1.54) is 17.3 Å². The molecule has 3 aromatic rings. The molecule has 0 atom stereocenters. The van der Waals surface area contributed by atoms with Gasteiger partial charge in [0, 0.05) is 18.7 Å². The van der Waals surface area contributed by atoms with Gasteiger partial charge < -0.3 is 9.88 Å². The smallest absolute Gasteiger partial charge is 0.234 e. The van der Waals surface area contributed by atoms with Crippen LogP contribution in [0, 0.1) is 0 Å². The SMILES string of the molecule is CCn1c(Cc2ccccc2)nnc1SCC(=O)Nc1ccccc1C(C)C. The van der Waals surface area contributed by atoms with Crippen LogP contribution in [0.3, 0.4) is 0 Å². The van der Waals surface area contributed by atoms with Gasteiger partial charge >= 0.3 is 0 Å². The quantitative estimate of drug-likeness (QED) is 0.561. The van der Waals surface area contributed by atoms with Crippen molar-refractivity contribution in [3.63, 3.8) is 0 Å². The summed E-state index contributed by atoms with van der Waals surface area (Å²) in [5.41, 5.74) is 3.22. The van der Waals surface area contributed by atoms with Gasteiger partial charge in [-0.1, -0.05) is 74.1 Å². The van der Waals surface area contributed by atoms with Crippen LogP contribution in [0.15, 0.2) is 59.8 Å². The highest BCUT2D eigenvalue weighted by atomic mass is 32.2. The molecule has 1 heterocycles. The fourth-order valence-electron chi connectivity index (χ4n) is 3.08. The zero-order valence-corrected chi connectivity index (χ0v) is 17.4. The summed E-state index contributed by atoms with van der Waals surface area (Å²) >= 11 is 1.42. The molecule has 1 N–H and O–H groups in total. The fourth-order valence-corrected chi connectivity index (χ4v) is 3.90.